The van der Waals surface area contributed by atoms with Gasteiger partial charge in [0, 0.05) is 36.6 Å². The fourth-order valence-corrected chi connectivity index (χ4v) is 3.61. The summed E-state index contributed by atoms with van der Waals surface area (Å²) in [6.07, 6.45) is 2.17. The Kier molecular flexibility index (Phi) is 4.36. The van der Waals surface area contributed by atoms with E-state index in [2.05, 4.69) is 10.3 Å². The molecule has 3 nitrogen and oxygen atoms in total. The topological polar surface area (TPSA) is 42.1 Å². The van der Waals surface area contributed by atoms with E-state index in [1.165, 1.54) is 0 Å². The molecule has 2 heterocycles. The first-order chi connectivity index (χ1) is 9.72. The molecule has 1 aromatic heterocycles. The molecule has 3 rings (SSSR count). The van der Waals surface area contributed by atoms with Gasteiger partial charge < -0.3 is 5.73 Å². The fraction of sp³-hybridized carbons (Fsp3) is 0.400. The van der Waals surface area contributed by atoms with Gasteiger partial charge in [-0.05, 0) is 18.9 Å². The Morgan fingerprint density at radius 1 is 1.30 bits per heavy atom. The van der Waals surface area contributed by atoms with E-state index in [1.54, 1.807) is 11.3 Å². The average molecular weight is 308 g/mol. The Morgan fingerprint density at radius 2 is 2.05 bits per heavy atom. The lowest BCUT2D eigenvalue weighted by Crippen LogP contribution is -2.39. The second kappa shape index (κ2) is 6.22. The molecule has 1 fully saturated rings. The second-order valence-electron chi connectivity index (χ2n) is 5.24. The van der Waals surface area contributed by atoms with E-state index in [0.717, 1.165) is 53.8 Å². The quantitative estimate of drug-likeness (QED) is 0.945. The van der Waals surface area contributed by atoms with Crippen molar-refractivity contribution in [1.82, 2.24) is 9.88 Å². The third kappa shape index (κ3) is 3.20. The summed E-state index contributed by atoms with van der Waals surface area (Å²) in [6, 6.07) is 8.24. The monoisotopic (exact) mass is 307 g/mol. The van der Waals surface area contributed by atoms with Crippen molar-refractivity contribution in [2.75, 3.05) is 13.1 Å². The maximum Gasteiger partial charge on any atom is 0.125 e. The Balaban J connectivity index is 1.70. The lowest BCUT2D eigenvalue weighted by molar-refractivity contribution is 0.204. The van der Waals surface area contributed by atoms with Crippen LogP contribution >= 0.6 is 22.9 Å². The molecular weight excluding hydrogens is 290 g/mol. The third-order valence-electron chi connectivity index (χ3n) is 3.67. The van der Waals surface area contributed by atoms with Crippen LogP contribution in [0.2, 0.25) is 5.02 Å². The van der Waals surface area contributed by atoms with Crippen molar-refractivity contribution >= 4 is 22.9 Å². The summed E-state index contributed by atoms with van der Waals surface area (Å²) in [5.74, 6) is 0. The fourth-order valence-electron chi connectivity index (χ4n) is 2.48. The molecule has 106 valence electrons. The van der Waals surface area contributed by atoms with Crippen LogP contribution in [0.15, 0.2) is 29.6 Å². The summed E-state index contributed by atoms with van der Waals surface area (Å²) < 4.78 is 0. The zero-order valence-electron chi connectivity index (χ0n) is 11.3. The predicted molar refractivity (Wildman–Crippen MR) is 85.0 cm³/mol. The van der Waals surface area contributed by atoms with E-state index in [0.29, 0.717) is 6.04 Å². The van der Waals surface area contributed by atoms with Crippen molar-refractivity contribution in [1.29, 1.82) is 0 Å². The highest BCUT2D eigenvalue weighted by Crippen LogP contribution is 2.30. The van der Waals surface area contributed by atoms with Crippen molar-refractivity contribution in [2.45, 2.75) is 25.4 Å². The summed E-state index contributed by atoms with van der Waals surface area (Å²) in [6.45, 7) is 3.05. The van der Waals surface area contributed by atoms with E-state index in [4.69, 9.17) is 22.3 Å². The molecule has 20 heavy (non-hydrogen) atoms. The number of piperidine rings is 1. The van der Waals surface area contributed by atoms with Crippen LogP contribution in [-0.2, 0) is 6.54 Å². The van der Waals surface area contributed by atoms with Crippen molar-refractivity contribution in [3.05, 3.63) is 40.4 Å². The van der Waals surface area contributed by atoms with E-state index in [-0.39, 0.29) is 0 Å². The highest BCUT2D eigenvalue weighted by atomic mass is 35.5. The average Bonchev–Trinajstić information content (AvgIpc) is 2.90. The Labute approximate surface area is 128 Å². The Bertz CT molecular complexity index is 576. The molecule has 0 unspecified atom stereocenters. The van der Waals surface area contributed by atoms with Gasteiger partial charge in [-0.25, -0.2) is 4.98 Å². The van der Waals surface area contributed by atoms with E-state index >= 15 is 0 Å². The molecule has 1 aromatic carbocycles. The van der Waals surface area contributed by atoms with Gasteiger partial charge in [0.2, 0.25) is 0 Å². The molecule has 0 radical (unpaired) electrons. The zero-order valence-corrected chi connectivity index (χ0v) is 12.8. The SMILES string of the molecule is NC1CCN(Cc2csc(-c3ccccc3Cl)n2)CC1. The number of hydrogen-bond donors (Lipinski definition) is 1. The molecule has 5 heteroatoms. The molecule has 1 saturated heterocycles. The molecule has 0 atom stereocenters. The smallest absolute Gasteiger partial charge is 0.125 e. The number of thiazole rings is 1. The number of likely N-dealkylation sites (tertiary alicyclic amines) is 1. The number of halogens is 1. The van der Waals surface area contributed by atoms with Gasteiger partial charge in [0.15, 0.2) is 0 Å². The number of rotatable bonds is 3. The Hall–Kier alpha value is -0.940. The molecule has 1 aliphatic rings. The minimum absolute atomic E-state index is 0.375. The van der Waals surface area contributed by atoms with Crippen LogP contribution in [0.5, 0.6) is 0 Å². The first kappa shape index (κ1) is 14.0. The maximum atomic E-state index is 6.22. The van der Waals surface area contributed by atoms with Gasteiger partial charge in [-0.2, -0.15) is 0 Å². The van der Waals surface area contributed by atoms with E-state index in [9.17, 15) is 0 Å². The van der Waals surface area contributed by atoms with Gasteiger partial charge >= 0.3 is 0 Å². The number of hydrogen-bond acceptors (Lipinski definition) is 4. The molecule has 0 amide bonds. The van der Waals surface area contributed by atoms with E-state index < -0.39 is 0 Å². The first-order valence-corrected chi connectivity index (χ1v) is 8.15. The zero-order chi connectivity index (χ0) is 13.9. The summed E-state index contributed by atoms with van der Waals surface area (Å²) in [5, 5.41) is 3.89. The van der Waals surface area contributed by atoms with Gasteiger partial charge in [0.25, 0.3) is 0 Å². The first-order valence-electron chi connectivity index (χ1n) is 6.89. The van der Waals surface area contributed by atoms with Crippen LogP contribution < -0.4 is 5.73 Å². The minimum Gasteiger partial charge on any atom is -0.328 e. The van der Waals surface area contributed by atoms with Crippen molar-refractivity contribution in [2.24, 2.45) is 5.73 Å². The molecule has 2 aromatic rings. The van der Waals surface area contributed by atoms with Crippen LogP contribution in [0.4, 0.5) is 0 Å². The maximum absolute atomic E-state index is 6.22. The summed E-state index contributed by atoms with van der Waals surface area (Å²) >= 11 is 7.88. The molecular formula is C15H18ClN3S. The van der Waals surface area contributed by atoms with Gasteiger partial charge in [-0.15, -0.1) is 11.3 Å². The normalized spacial score (nSPS) is 17.5. The van der Waals surface area contributed by atoms with Gasteiger partial charge in [0.05, 0.1) is 10.7 Å². The predicted octanol–water partition coefficient (Wildman–Crippen LogP) is 3.39. The van der Waals surface area contributed by atoms with Gasteiger partial charge in [-0.3, -0.25) is 4.90 Å². The van der Waals surface area contributed by atoms with Crippen molar-refractivity contribution in [3.63, 3.8) is 0 Å². The number of benzene rings is 1. The largest absolute Gasteiger partial charge is 0.328 e. The van der Waals surface area contributed by atoms with Crippen LogP contribution in [0.3, 0.4) is 0 Å². The Morgan fingerprint density at radius 3 is 2.80 bits per heavy atom. The molecule has 2 N–H and O–H groups in total. The van der Waals surface area contributed by atoms with Crippen molar-refractivity contribution in [3.8, 4) is 10.6 Å². The third-order valence-corrected chi connectivity index (χ3v) is 4.93. The lowest BCUT2D eigenvalue weighted by Gasteiger charge is -2.29. The van der Waals surface area contributed by atoms with Crippen LogP contribution in [-0.4, -0.2) is 29.0 Å². The molecule has 0 saturated carbocycles. The molecule has 0 aliphatic carbocycles. The van der Waals surface area contributed by atoms with E-state index in [1.807, 2.05) is 24.3 Å². The number of nitrogens with two attached hydrogens (primary N) is 1. The summed E-state index contributed by atoms with van der Waals surface area (Å²) in [4.78, 5) is 7.14. The second-order valence-corrected chi connectivity index (χ2v) is 6.50. The summed E-state index contributed by atoms with van der Waals surface area (Å²) in [5.41, 5.74) is 8.08. The van der Waals surface area contributed by atoms with Gasteiger partial charge in [-0.1, -0.05) is 29.8 Å². The van der Waals surface area contributed by atoms with Gasteiger partial charge in [0.1, 0.15) is 5.01 Å². The van der Waals surface area contributed by atoms with Crippen LogP contribution in [0.25, 0.3) is 10.6 Å². The lowest BCUT2D eigenvalue weighted by atomic mass is 10.1. The highest BCUT2D eigenvalue weighted by molar-refractivity contribution is 7.13. The number of nitrogens with zero attached hydrogens (tertiary/aromatic N) is 2. The van der Waals surface area contributed by atoms with Crippen LogP contribution in [0.1, 0.15) is 18.5 Å². The molecule has 0 bridgehead atoms. The molecule has 0 spiro atoms. The highest BCUT2D eigenvalue weighted by Gasteiger charge is 2.17. The summed E-state index contributed by atoms with van der Waals surface area (Å²) in [7, 11) is 0. The standard InChI is InChI=1S/C15H18ClN3S/c16-14-4-2-1-3-13(14)15-18-12(10-20-15)9-19-7-5-11(17)6-8-19/h1-4,10-11H,5-9,17H2. The molecule has 1 aliphatic heterocycles. The number of aromatic nitrogens is 1. The van der Waals surface area contributed by atoms with Crippen LogP contribution in [0, 0.1) is 0 Å². The van der Waals surface area contributed by atoms with Crippen molar-refractivity contribution < 1.29 is 0 Å². The minimum atomic E-state index is 0.375.